The minimum absolute atomic E-state index is 0.00946. The van der Waals surface area contributed by atoms with Gasteiger partial charge in [0.25, 0.3) is 0 Å². The second kappa shape index (κ2) is 8.33. The van der Waals surface area contributed by atoms with Crippen molar-refractivity contribution in [2.45, 2.75) is 38.6 Å². The van der Waals surface area contributed by atoms with E-state index in [0.717, 1.165) is 12.2 Å². The van der Waals surface area contributed by atoms with Crippen molar-refractivity contribution in [3.63, 3.8) is 0 Å². The van der Waals surface area contributed by atoms with Crippen molar-refractivity contribution in [2.24, 2.45) is 0 Å². The van der Waals surface area contributed by atoms with Gasteiger partial charge < -0.3 is 9.15 Å². The van der Waals surface area contributed by atoms with Crippen LogP contribution in [0.3, 0.4) is 0 Å². The van der Waals surface area contributed by atoms with Crippen LogP contribution in [0.1, 0.15) is 5.69 Å². The molecule has 0 aliphatic rings. The first-order valence-electron chi connectivity index (χ1n) is 8.88. The molecule has 0 fully saturated rings. The number of hydrogen-bond acceptors (Lipinski definition) is 5. The number of fused-ring (bicyclic) bond motifs is 1. The molecule has 0 radical (unpaired) electrons. The van der Waals surface area contributed by atoms with Gasteiger partial charge in [-0.05, 0) is 18.2 Å². The molecule has 0 unspecified atom stereocenters. The van der Waals surface area contributed by atoms with Crippen LogP contribution in [-0.2, 0) is 17.6 Å². The zero-order valence-corrected chi connectivity index (χ0v) is 18.8. The predicted octanol–water partition coefficient (Wildman–Crippen LogP) is 5.69. The Balaban J connectivity index is 2.00. The predicted molar refractivity (Wildman–Crippen MR) is 111 cm³/mol. The number of benzene rings is 1. The summed E-state index contributed by atoms with van der Waals surface area (Å²) in [4.78, 5) is 19.5. The van der Waals surface area contributed by atoms with Gasteiger partial charge in [0.1, 0.15) is 12.2 Å². The standard InChI is InChI=1S/C18H18Cl2F3N3O3Si/c1-30(2,3)7-6-28-9-26-13-11(19)5-4-10(14(13)29-17(26)27)12-8-24-15(16(20)25-12)18(21,22)23/h4-5,8H,6-7,9H2,1-3H3. The highest BCUT2D eigenvalue weighted by Crippen LogP contribution is 2.35. The van der Waals surface area contributed by atoms with E-state index < -0.39 is 30.9 Å². The number of nitrogens with zero attached hydrogens (tertiary/aromatic N) is 3. The van der Waals surface area contributed by atoms with Crippen molar-refractivity contribution in [1.82, 2.24) is 14.5 Å². The third-order valence-electron chi connectivity index (χ3n) is 4.25. The zero-order chi connectivity index (χ0) is 22.3. The van der Waals surface area contributed by atoms with Crippen LogP contribution in [0.2, 0.25) is 35.9 Å². The number of hydrogen-bond donors (Lipinski definition) is 0. The van der Waals surface area contributed by atoms with E-state index in [1.807, 2.05) is 0 Å². The maximum Gasteiger partial charge on any atom is 0.436 e. The fourth-order valence-electron chi connectivity index (χ4n) is 2.68. The van der Waals surface area contributed by atoms with Gasteiger partial charge in [0.15, 0.2) is 16.4 Å². The van der Waals surface area contributed by atoms with E-state index in [4.69, 9.17) is 32.4 Å². The molecule has 0 bridgehead atoms. The quantitative estimate of drug-likeness (QED) is 0.335. The van der Waals surface area contributed by atoms with Gasteiger partial charge in [0.05, 0.1) is 16.9 Å². The summed E-state index contributed by atoms with van der Waals surface area (Å²) in [5.74, 6) is -0.710. The summed E-state index contributed by atoms with van der Waals surface area (Å²) >= 11 is 11.9. The second-order valence-electron chi connectivity index (χ2n) is 7.81. The normalized spacial score (nSPS) is 12.7. The van der Waals surface area contributed by atoms with Crippen molar-refractivity contribution in [3.05, 3.63) is 44.7 Å². The minimum Gasteiger partial charge on any atom is -0.407 e. The van der Waals surface area contributed by atoms with E-state index in [1.165, 1.54) is 16.7 Å². The molecule has 0 amide bonds. The van der Waals surface area contributed by atoms with Crippen LogP contribution in [0.5, 0.6) is 0 Å². The first-order valence-corrected chi connectivity index (χ1v) is 13.3. The van der Waals surface area contributed by atoms with Crippen LogP contribution < -0.4 is 5.76 Å². The molecule has 162 valence electrons. The molecule has 30 heavy (non-hydrogen) atoms. The van der Waals surface area contributed by atoms with Gasteiger partial charge >= 0.3 is 11.9 Å². The lowest BCUT2D eigenvalue weighted by Gasteiger charge is -2.15. The molecule has 0 aliphatic carbocycles. The Labute approximate surface area is 180 Å². The Morgan fingerprint density at radius 2 is 1.93 bits per heavy atom. The van der Waals surface area contributed by atoms with Gasteiger partial charge in [-0.1, -0.05) is 42.8 Å². The lowest BCUT2D eigenvalue weighted by molar-refractivity contribution is -0.141. The fourth-order valence-corrected chi connectivity index (χ4v) is 3.93. The minimum atomic E-state index is -4.74. The molecule has 0 spiro atoms. The van der Waals surface area contributed by atoms with Crippen LogP contribution in [0.25, 0.3) is 22.4 Å². The fraction of sp³-hybridized carbons (Fsp3) is 0.389. The van der Waals surface area contributed by atoms with Crippen molar-refractivity contribution in [3.8, 4) is 11.3 Å². The molecule has 3 aromatic rings. The molecule has 0 saturated carbocycles. The van der Waals surface area contributed by atoms with E-state index in [2.05, 4.69) is 29.6 Å². The summed E-state index contributed by atoms with van der Waals surface area (Å²) in [6, 6.07) is 3.87. The second-order valence-corrected chi connectivity index (χ2v) is 14.2. The van der Waals surface area contributed by atoms with Gasteiger partial charge in [0.2, 0.25) is 0 Å². The third kappa shape index (κ3) is 4.88. The molecule has 0 saturated heterocycles. The SMILES string of the molecule is C[Si](C)(C)CCOCn1c(=O)oc2c(-c3cnc(C(F)(F)F)c(Cl)n3)ccc(Cl)c21. The molecular weight excluding hydrogens is 462 g/mol. The lowest BCUT2D eigenvalue weighted by atomic mass is 10.1. The van der Waals surface area contributed by atoms with Gasteiger partial charge in [-0.15, -0.1) is 0 Å². The van der Waals surface area contributed by atoms with Crippen LogP contribution in [0.15, 0.2) is 27.5 Å². The molecular formula is C18H18Cl2F3N3O3Si. The smallest absolute Gasteiger partial charge is 0.407 e. The summed E-state index contributed by atoms with van der Waals surface area (Å²) in [6.45, 7) is 7.02. The lowest BCUT2D eigenvalue weighted by Crippen LogP contribution is -2.23. The maximum atomic E-state index is 12.9. The number of alkyl halides is 3. The van der Waals surface area contributed by atoms with Crippen LogP contribution >= 0.6 is 23.2 Å². The van der Waals surface area contributed by atoms with Gasteiger partial charge in [-0.25, -0.2) is 19.3 Å². The third-order valence-corrected chi connectivity index (χ3v) is 6.53. The molecule has 2 heterocycles. The Kier molecular flexibility index (Phi) is 6.33. The van der Waals surface area contributed by atoms with Crippen molar-refractivity contribution in [1.29, 1.82) is 0 Å². The van der Waals surface area contributed by atoms with Crippen LogP contribution in [0.4, 0.5) is 13.2 Å². The van der Waals surface area contributed by atoms with E-state index in [-0.39, 0.29) is 34.1 Å². The highest BCUT2D eigenvalue weighted by Gasteiger charge is 2.36. The Bertz CT molecular complexity index is 1140. The molecule has 0 atom stereocenters. The number of oxazole rings is 1. The summed E-state index contributed by atoms with van der Waals surface area (Å²) < 4.78 is 50.8. The van der Waals surface area contributed by atoms with Crippen molar-refractivity contribution in [2.75, 3.05) is 6.61 Å². The Morgan fingerprint density at radius 3 is 2.53 bits per heavy atom. The van der Waals surface area contributed by atoms with Gasteiger partial charge in [0, 0.05) is 20.2 Å². The molecule has 0 aliphatic heterocycles. The highest BCUT2D eigenvalue weighted by atomic mass is 35.5. The molecule has 1 aromatic carbocycles. The average molecular weight is 480 g/mol. The maximum absolute atomic E-state index is 12.9. The monoisotopic (exact) mass is 479 g/mol. The first-order chi connectivity index (χ1) is 13.9. The van der Waals surface area contributed by atoms with Gasteiger partial charge in [-0.3, -0.25) is 0 Å². The zero-order valence-electron chi connectivity index (χ0n) is 16.3. The summed E-state index contributed by atoms with van der Waals surface area (Å²) in [7, 11) is -1.30. The van der Waals surface area contributed by atoms with Crippen molar-refractivity contribution < 1.29 is 22.3 Å². The average Bonchev–Trinajstić information content (AvgIpc) is 2.94. The topological polar surface area (TPSA) is 70.2 Å². The number of halogens is 5. The molecule has 0 N–H and O–H groups in total. The molecule has 12 heteroatoms. The van der Waals surface area contributed by atoms with E-state index in [9.17, 15) is 18.0 Å². The number of aromatic nitrogens is 3. The molecule has 2 aromatic heterocycles. The molecule has 3 rings (SSSR count). The van der Waals surface area contributed by atoms with Crippen LogP contribution in [0, 0.1) is 0 Å². The van der Waals surface area contributed by atoms with Crippen molar-refractivity contribution >= 4 is 42.4 Å². The first kappa shape index (κ1) is 22.8. The van der Waals surface area contributed by atoms with E-state index >= 15 is 0 Å². The summed E-state index contributed by atoms with van der Waals surface area (Å²) in [5, 5.41) is -0.584. The largest absolute Gasteiger partial charge is 0.436 e. The number of rotatable bonds is 6. The van der Waals surface area contributed by atoms with Crippen LogP contribution in [-0.4, -0.2) is 29.2 Å². The van der Waals surface area contributed by atoms with Gasteiger partial charge in [-0.2, -0.15) is 13.2 Å². The van der Waals surface area contributed by atoms with E-state index in [1.54, 1.807) is 0 Å². The number of ether oxygens (including phenoxy) is 1. The Morgan fingerprint density at radius 1 is 1.23 bits per heavy atom. The van der Waals surface area contributed by atoms with E-state index in [0.29, 0.717) is 6.61 Å². The summed E-state index contributed by atoms with van der Waals surface area (Å²) in [5.41, 5.74) is -0.741. The highest BCUT2D eigenvalue weighted by molar-refractivity contribution is 6.76. The summed E-state index contributed by atoms with van der Waals surface area (Å²) in [6.07, 6.45) is -3.82. The Hall–Kier alpha value is -1.88. The molecule has 6 nitrogen and oxygen atoms in total.